The first-order valence-corrected chi connectivity index (χ1v) is 10.1. The van der Waals surface area contributed by atoms with Gasteiger partial charge in [0, 0.05) is 15.2 Å². The second-order valence-electron chi connectivity index (χ2n) is 3.88. The van der Waals surface area contributed by atoms with Crippen molar-refractivity contribution < 1.29 is 26.7 Å². The molecule has 0 aliphatic rings. The van der Waals surface area contributed by atoms with Crippen LogP contribution >= 0.6 is 31.9 Å². The van der Waals surface area contributed by atoms with Crippen molar-refractivity contribution in [3.63, 3.8) is 0 Å². The van der Waals surface area contributed by atoms with Gasteiger partial charge in [-0.15, -0.1) is 0 Å². The summed E-state index contributed by atoms with van der Waals surface area (Å²) < 4.78 is 48.1. The molecule has 1 aromatic carbocycles. The SMILES string of the molecule is CS(=O)(=O)CS(=O)(=O)Nc1c(Br)cc(Br)cc1C(=O)O. The third kappa shape index (κ3) is 5.04. The zero-order valence-electron chi connectivity index (χ0n) is 9.92. The number of rotatable bonds is 5. The largest absolute Gasteiger partial charge is 0.478 e. The van der Waals surface area contributed by atoms with Crippen LogP contribution < -0.4 is 4.72 Å². The van der Waals surface area contributed by atoms with Crippen LogP contribution in [0.2, 0.25) is 0 Å². The lowest BCUT2D eigenvalue weighted by Crippen LogP contribution is -2.23. The highest BCUT2D eigenvalue weighted by Gasteiger charge is 2.23. The predicted molar refractivity (Wildman–Crippen MR) is 81.1 cm³/mol. The van der Waals surface area contributed by atoms with Crippen molar-refractivity contribution in [1.29, 1.82) is 0 Å². The van der Waals surface area contributed by atoms with Crippen molar-refractivity contribution in [2.24, 2.45) is 0 Å². The van der Waals surface area contributed by atoms with E-state index in [1.807, 2.05) is 4.72 Å². The number of carbonyl (C=O) groups is 1. The molecule has 2 N–H and O–H groups in total. The highest BCUT2D eigenvalue weighted by molar-refractivity contribution is 9.11. The van der Waals surface area contributed by atoms with E-state index in [0.29, 0.717) is 4.47 Å². The molecule has 0 aromatic heterocycles. The fraction of sp³-hybridized carbons (Fsp3) is 0.222. The first-order valence-electron chi connectivity index (χ1n) is 4.82. The quantitative estimate of drug-likeness (QED) is 0.704. The highest BCUT2D eigenvalue weighted by Crippen LogP contribution is 2.31. The van der Waals surface area contributed by atoms with E-state index in [4.69, 9.17) is 5.11 Å². The van der Waals surface area contributed by atoms with Crippen LogP contribution in [-0.4, -0.2) is 39.3 Å². The van der Waals surface area contributed by atoms with Gasteiger partial charge in [-0.2, -0.15) is 0 Å². The van der Waals surface area contributed by atoms with Gasteiger partial charge in [0.25, 0.3) is 0 Å². The van der Waals surface area contributed by atoms with Gasteiger partial charge in [0.1, 0.15) is 0 Å². The monoisotopic (exact) mass is 449 g/mol. The lowest BCUT2D eigenvalue weighted by Gasteiger charge is -2.12. The molecule has 0 atom stereocenters. The number of anilines is 1. The Kier molecular flexibility index (Phi) is 5.22. The number of sulfonamides is 1. The minimum atomic E-state index is -4.23. The summed E-state index contributed by atoms with van der Waals surface area (Å²) in [5.74, 6) is -1.36. The molecule has 0 aliphatic carbocycles. The number of hydrogen-bond donors (Lipinski definition) is 2. The molecule has 0 unspecified atom stereocenters. The Morgan fingerprint density at radius 2 is 1.80 bits per heavy atom. The van der Waals surface area contributed by atoms with E-state index in [1.54, 1.807) is 0 Å². The van der Waals surface area contributed by atoms with Gasteiger partial charge >= 0.3 is 5.97 Å². The number of halogens is 2. The molecule has 0 aliphatic heterocycles. The smallest absolute Gasteiger partial charge is 0.337 e. The third-order valence-corrected chi connectivity index (χ3v) is 6.46. The molecule has 11 heteroatoms. The first-order chi connectivity index (χ1) is 8.91. The molecule has 0 spiro atoms. The van der Waals surface area contributed by atoms with Gasteiger partial charge in [-0.05, 0) is 28.1 Å². The normalized spacial score (nSPS) is 12.2. The van der Waals surface area contributed by atoms with Crippen LogP contribution in [0.3, 0.4) is 0 Å². The highest BCUT2D eigenvalue weighted by atomic mass is 79.9. The number of sulfone groups is 1. The molecule has 0 heterocycles. The average molecular weight is 451 g/mol. The minimum Gasteiger partial charge on any atom is -0.478 e. The van der Waals surface area contributed by atoms with Crippen LogP contribution in [0, 0.1) is 0 Å². The van der Waals surface area contributed by atoms with Crippen molar-refractivity contribution in [2.75, 3.05) is 16.1 Å². The van der Waals surface area contributed by atoms with Crippen LogP contribution in [0.1, 0.15) is 10.4 Å². The Morgan fingerprint density at radius 1 is 1.25 bits per heavy atom. The summed E-state index contributed by atoms with van der Waals surface area (Å²) in [5.41, 5.74) is -0.548. The van der Waals surface area contributed by atoms with Crippen molar-refractivity contribution in [3.05, 3.63) is 26.6 Å². The average Bonchev–Trinajstić information content (AvgIpc) is 2.17. The van der Waals surface area contributed by atoms with Gasteiger partial charge in [0.2, 0.25) is 10.0 Å². The van der Waals surface area contributed by atoms with Crippen LogP contribution in [0.5, 0.6) is 0 Å². The first kappa shape index (κ1) is 17.4. The summed E-state index contributed by atoms with van der Waals surface area (Å²) in [4.78, 5) is 11.1. The molecule has 0 bridgehead atoms. The van der Waals surface area contributed by atoms with Gasteiger partial charge in [-0.3, -0.25) is 4.72 Å². The summed E-state index contributed by atoms with van der Waals surface area (Å²) in [6.07, 6.45) is 0.765. The van der Waals surface area contributed by atoms with E-state index in [2.05, 4.69) is 31.9 Å². The fourth-order valence-corrected chi connectivity index (χ4v) is 5.79. The van der Waals surface area contributed by atoms with Gasteiger partial charge in [0.05, 0.1) is 11.3 Å². The molecule has 7 nitrogen and oxygen atoms in total. The minimum absolute atomic E-state index is 0.168. The maximum Gasteiger partial charge on any atom is 0.337 e. The Bertz CT molecular complexity index is 757. The van der Waals surface area contributed by atoms with Crippen LogP contribution in [0.4, 0.5) is 5.69 Å². The zero-order chi connectivity index (χ0) is 15.7. The lowest BCUT2D eigenvalue weighted by molar-refractivity contribution is 0.0698. The summed E-state index contributed by atoms with van der Waals surface area (Å²) in [6.45, 7) is 0. The second-order valence-corrected chi connectivity index (χ2v) is 9.87. The molecule has 20 heavy (non-hydrogen) atoms. The van der Waals surface area contributed by atoms with Crippen molar-refractivity contribution in [2.45, 2.75) is 0 Å². The van der Waals surface area contributed by atoms with E-state index in [-0.39, 0.29) is 15.7 Å². The standard InChI is InChI=1S/C9H9Br2NO6S2/c1-19(15,16)4-20(17,18)12-8-6(9(13)14)2-5(10)3-7(8)11/h2-3,12H,4H2,1H3,(H,13,14). The number of carboxylic acids is 1. The van der Waals surface area contributed by atoms with E-state index in [9.17, 15) is 21.6 Å². The molecule has 112 valence electrons. The van der Waals surface area contributed by atoms with Gasteiger partial charge in [-0.25, -0.2) is 21.6 Å². The van der Waals surface area contributed by atoms with Gasteiger partial charge < -0.3 is 5.11 Å². The molecule has 0 fully saturated rings. The van der Waals surface area contributed by atoms with Crippen LogP contribution in [0.15, 0.2) is 21.1 Å². The third-order valence-electron chi connectivity index (χ3n) is 1.91. The predicted octanol–water partition coefficient (Wildman–Crippen LogP) is 1.65. The lowest BCUT2D eigenvalue weighted by atomic mass is 10.2. The number of nitrogens with one attached hydrogen (secondary N) is 1. The fourth-order valence-electron chi connectivity index (χ4n) is 1.31. The number of hydrogen-bond acceptors (Lipinski definition) is 5. The molecule has 0 radical (unpaired) electrons. The molecule has 0 saturated heterocycles. The Hall–Kier alpha value is -0.650. The van der Waals surface area contributed by atoms with E-state index in [1.165, 1.54) is 12.1 Å². The summed E-state index contributed by atoms with van der Waals surface area (Å²) in [5, 5.41) is 7.91. The molecule has 0 saturated carbocycles. The van der Waals surface area contributed by atoms with E-state index >= 15 is 0 Å². The van der Waals surface area contributed by atoms with E-state index in [0.717, 1.165) is 6.26 Å². The molecule has 1 aromatic rings. The zero-order valence-corrected chi connectivity index (χ0v) is 14.7. The number of carboxylic acid groups (broad SMARTS) is 1. The topological polar surface area (TPSA) is 118 Å². The van der Waals surface area contributed by atoms with Gasteiger partial charge in [-0.1, -0.05) is 15.9 Å². The van der Waals surface area contributed by atoms with Crippen LogP contribution in [-0.2, 0) is 19.9 Å². The second kappa shape index (κ2) is 6.00. The summed E-state index contributed by atoms with van der Waals surface area (Å²) in [6, 6.07) is 2.64. The maximum atomic E-state index is 11.7. The molecular weight excluding hydrogens is 442 g/mol. The number of aromatic carboxylic acids is 1. The summed E-state index contributed by atoms with van der Waals surface area (Å²) >= 11 is 6.11. The number of benzene rings is 1. The summed E-state index contributed by atoms with van der Waals surface area (Å²) in [7, 11) is -8.01. The van der Waals surface area contributed by atoms with Crippen molar-refractivity contribution in [3.8, 4) is 0 Å². The molecule has 1 rings (SSSR count). The Balaban J connectivity index is 3.32. The molecule has 0 amide bonds. The molecular formula is C9H9Br2NO6S2. The van der Waals surface area contributed by atoms with Crippen molar-refractivity contribution in [1.82, 2.24) is 0 Å². The van der Waals surface area contributed by atoms with Crippen molar-refractivity contribution >= 4 is 63.4 Å². The van der Waals surface area contributed by atoms with E-state index < -0.39 is 30.9 Å². The Labute approximate surface area is 132 Å². The Morgan fingerprint density at radius 3 is 2.25 bits per heavy atom. The maximum absolute atomic E-state index is 11.7. The van der Waals surface area contributed by atoms with Crippen LogP contribution in [0.25, 0.3) is 0 Å². The van der Waals surface area contributed by atoms with Gasteiger partial charge in [0.15, 0.2) is 14.9 Å².